The van der Waals surface area contributed by atoms with Gasteiger partial charge >= 0.3 is 12.0 Å². The van der Waals surface area contributed by atoms with E-state index < -0.39 is 12.0 Å². The van der Waals surface area contributed by atoms with Crippen molar-refractivity contribution in [2.24, 2.45) is 0 Å². The number of nitrogens with zero attached hydrogens (tertiary/aromatic N) is 1. The Morgan fingerprint density at radius 1 is 1.12 bits per heavy atom. The molecule has 6 nitrogen and oxygen atoms in total. The van der Waals surface area contributed by atoms with Crippen LogP contribution in [0.1, 0.15) is 39.9 Å². The molecule has 170 valence electrons. The van der Waals surface area contributed by atoms with Crippen molar-refractivity contribution in [2.75, 3.05) is 19.7 Å². The molecule has 0 saturated heterocycles. The maximum absolute atomic E-state index is 13.1. The van der Waals surface area contributed by atoms with E-state index in [2.05, 4.69) is 44.5 Å². The molecule has 2 aliphatic heterocycles. The van der Waals surface area contributed by atoms with Crippen molar-refractivity contribution in [2.45, 2.75) is 25.4 Å². The van der Waals surface area contributed by atoms with E-state index in [1.54, 1.807) is 29.6 Å². The highest BCUT2D eigenvalue weighted by Gasteiger charge is 2.37. The van der Waals surface area contributed by atoms with Crippen LogP contribution in [-0.2, 0) is 16.0 Å². The molecule has 2 aliphatic rings. The molecule has 2 atom stereocenters. The number of hydrogen-bond donors (Lipinski definition) is 2. The topological polar surface area (TPSA) is 70.7 Å². The van der Waals surface area contributed by atoms with Crippen molar-refractivity contribution >= 4 is 34.7 Å². The molecule has 0 aliphatic carbocycles. The zero-order valence-electron chi connectivity index (χ0n) is 18.2. The van der Waals surface area contributed by atoms with Gasteiger partial charge in [0.2, 0.25) is 0 Å². The molecule has 2 unspecified atom stereocenters. The van der Waals surface area contributed by atoms with Crippen molar-refractivity contribution in [3.8, 4) is 0 Å². The van der Waals surface area contributed by atoms with Gasteiger partial charge in [0.25, 0.3) is 0 Å². The second kappa shape index (κ2) is 9.51. The number of hydrogen-bond acceptors (Lipinski definition) is 6. The first kappa shape index (κ1) is 21.9. The summed E-state index contributed by atoms with van der Waals surface area (Å²) in [6.07, 6.45) is 0.950. The van der Waals surface area contributed by atoms with E-state index in [0.717, 1.165) is 18.5 Å². The Bertz CT molecular complexity index is 1170. The van der Waals surface area contributed by atoms with Gasteiger partial charge in [0.15, 0.2) is 0 Å². The maximum atomic E-state index is 13.1. The van der Waals surface area contributed by atoms with Gasteiger partial charge in [-0.15, -0.1) is 22.7 Å². The van der Waals surface area contributed by atoms with Gasteiger partial charge in [0.1, 0.15) is 0 Å². The first-order valence-corrected chi connectivity index (χ1v) is 12.8. The highest BCUT2D eigenvalue weighted by atomic mass is 32.1. The van der Waals surface area contributed by atoms with Crippen LogP contribution in [0.4, 0.5) is 4.79 Å². The number of rotatable bonds is 6. The Morgan fingerprint density at radius 3 is 2.73 bits per heavy atom. The van der Waals surface area contributed by atoms with Crippen LogP contribution in [0.5, 0.6) is 0 Å². The molecule has 0 fully saturated rings. The zero-order valence-corrected chi connectivity index (χ0v) is 19.9. The Morgan fingerprint density at radius 2 is 1.97 bits per heavy atom. The van der Waals surface area contributed by atoms with Crippen molar-refractivity contribution in [1.29, 1.82) is 0 Å². The molecule has 8 heteroatoms. The molecule has 2 N–H and O–H groups in total. The van der Waals surface area contributed by atoms with E-state index in [0.29, 0.717) is 17.8 Å². The zero-order chi connectivity index (χ0) is 22.8. The predicted molar refractivity (Wildman–Crippen MR) is 130 cm³/mol. The number of esters is 1. The number of amides is 2. The van der Waals surface area contributed by atoms with Gasteiger partial charge in [-0.2, -0.15) is 0 Å². The van der Waals surface area contributed by atoms with Crippen LogP contribution in [-0.4, -0.2) is 36.6 Å². The SMILES string of the molecule is CCOC(=O)C1=C(CN2CCc3sccc3C2c2cccs2)NC(=O)NC1c1ccccc1. The smallest absolute Gasteiger partial charge is 0.338 e. The Kier molecular flexibility index (Phi) is 6.30. The average Bonchev–Trinajstić information content (AvgIpc) is 3.51. The molecular weight excluding hydrogens is 454 g/mol. The molecule has 0 spiro atoms. The molecule has 1 aromatic carbocycles. The molecule has 5 rings (SSSR count). The third-order valence-electron chi connectivity index (χ3n) is 6.02. The van der Waals surface area contributed by atoms with Gasteiger partial charge in [-0.1, -0.05) is 36.4 Å². The number of ether oxygens (including phenoxy) is 1. The van der Waals surface area contributed by atoms with Crippen LogP contribution < -0.4 is 10.6 Å². The Balaban J connectivity index is 1.56. The van der Waals surface area contributed by atoms with Gasteiger partial charge in [0.05, 0.1) is 24.3 Å². The van der Waals surface area contributed by atoms with E-state index in [-0.39, 0.29) is 18.7 Å². The highest BCUT2D eigenvalue weighted by Crippen LogP contribution is 2.40. The highest BCUT2D eigenvalue weighted by molar-refractivity contribution is 7.10. The van der Waals surface area contributed by atoms with Gasteiger partial charge < -0.3 is 15.4 Å². The standard InChI is InChI=1S/C25H25N3O3S2/c1-2-31-24(29)21-18(26-25(30)27-22(21)16-7-4-3-5-8-16)15-28-12-10-19-17(11-14-33-19)23(28)20-9-6-13-32-20/h3-9,11,13-14,22-23H,2,10,12,15H2,1H3,(H2,26,27,30). The molecule has 2 aromatic heterocycles. The van der Waals surface area contributed by atoms with Gasteiger partial charge in [-0.25, -0.2) is 9.59 Å². The first-order chi connectivity index (χ1) is 16.2. The molecule has 0 bridgehead atoms. The lowest BCUT2D eigenvalue weighted by Gasteiger charge is -2.38. The minimum absolute atomic E-state index is 0.0953. The number of fused-ring (bicyclic) bond motifs is 1. The van der Waals surface area contributed by atoms with Crippen molar-refractivity contribution in [3.05, 3.63) is 91.4 Å². The lowest BCUT2D eigenvalue weighted by Crippen LogP contribution is -2.49. The summed E-state index contributed by atoms with van der Waals surface area (Å²) in [6, 6.07) is 15.2. The van der Waals surface area contributed by atoms with Crippen LogP contribution in [0.15, 0.2) is 70.6 Å². The summed E-state index contributed by atoms with van der Waals surface area (Å²) >= 11 is 3.53. The molecular formula is C25H25N3O3S2. The molecule has 4 heterocycles. The summed E-state index contributed by atoms with van der Waals surface area (Å²) < 4.78 is 5.43. The van der Waals surface area contributed by atoms with Crippen LogP contribution in [0, 0.1) is 0 Å². The summed E-state index contributed by atoms with van der Waals surface area (Å²) in [5.74, 6) is -0.408. The van der Waals surface area contributed by atoms with Crippen molar-refractivity contribution < 1.29 is 14.3 Å². The molecule has 0 radical (unpaired) electrons. The van der Waals surface area contributed by atoms with Crippen LogP contribution in [0.3, 0.4) is 0 Å². The normalized spacial score (nSPS) is 20.7. The number of benzene rings is 1. The van der Waals surface area contributed by atoms with Crippen molar-refractivity contribution in [3.63, 3.8) is 0 Å². The number of carbonyl (C=O) groups is 2. The van der Waals surface area contributed by atoms with E-state index in [1.165, 1.54) is 15.3 Å². The second-order valence-electron chi connectivity index (χ2n) is 7.99. The first-order valence-electron chi connectivity index (χ1n) is 11.0. The molecule has 3 aromatic rings. The van der Waals surface area contributed by atoms with E-state index in [9.17, 15) is 9.59 Å². The van der Waals surface area contributed by atoms with Gasteiger partial charge in [-0.3, -0.25) is 4.90 Å². The monoisotopic (exact) mass is 479 g/mol. The third-order valence-corrected chi connectivity index (χ3v) is 7.94. The van der Waals surface area contributed by atoms with Gasteiger partial charge in [-0.05, 0) is 47.4 Å². The second-order valence-corrected chi connectivity index (χ2v) is 9.97. The predicted octanol–water partition coefficient (Wildman–Crippen LogP) is 4.63. The minimum atomic E-state index is -0.560. The van der Waals surface area contributed by atoms with Crippen LogP contribution >= 0.6 is 22.7 Å². The molecule has 0 saturated carbocycles. The fourth-order valence-electron chi connectivity index (χ4n) is 4.61. The average molecular weight is 480 g/mol. The fraction of sp³-hybridized carbons (Fsp3) is 0.280. The number of thiophene rings is 2. The quantitative estimate of drug-likeness (QED) is 0.506. The van der Waals surface area contributed by atoms with Crippen LogP contribution in [0.25, 0.3) is 0 Å². The third kappa shape index (κ3) is 4.34. The largest absolute Gasteiger partial charge is 0.463 e. The summed E-state index contributed by atoms with van der Waals surface area (Å²) in [6.45, 7) is 3.35. The van der Waals surface area contributed by atoms with Crippen molar-refractivity contribution in [1.82, 2.24) is 15.5 Å². The number of urea groups is 1. The molecule has 33 heavy (non-hydrogen) atoms. The lowest BCUT2D eigenvalue weighted by atomic mass is 9.93. The van der Waals surface area contributed by atoms with Gasteiger partial charge in [0, 0.05) is 28.5 Å². The minimum Gasteiger partial charge on any atom is -0.463 e. The van der Waals surface area contributed by atoms with Crippen LogP contribution in [0.2, 0.25) is 0 Å². The Labute approximate surface area is 200 Å². The number of nitrogens with one attached hydrogen (secondary N) is 2. The number of carbonyl (C=O) groups excluding carboxylic acids is 2. The summed E-state index contributed by atoms with van der Waals surface area (Å²) in [5.41, 5.74) is 3.23. The van der Waals surface area contributed by atoms with E-state index in [1.807, 2.05) is 30.3 Å². The Hall–Kier alpha value is -2.94. The van der Waals surface area contributed by atoms with E-state index >= 15 is 0 Å². The summed E-state index contributed by atoms with van der Waals surface area (Å²) in [4.78, 5) is 30.8. The van der Waals surface area contributed by atoms with E-state index in [4.69, 9.17) is 4.74 Å². The lowest BCUT2D eigenvalue weighted by molar-refractivity contribution is -0.139. The summed E-state index contributed by atoms with van der Waals surface area (Å²) in [5, 5.41) is 10.1. The summed E-state index contributed by atoms with van der Waals surface area (Å²) in [7, 11) is 0. The molecule has 2 amide bonds. The maximum Gasteiger partial charge on any atom is 0.338 e. The fourth-order valence-corrected chi connectivity index (χ4v) is 6.39.